The molecule has 0 aliphatic heterocycles. The summed E-state index contributed by atoms with van der Waals surface area (Å²) in [7, 11) is 0. The van der Waals surface area contributed by atoms with Gasteiger partial charge in [-0.15, -0.1) is 0 Å². The van der Waals surface area contributed by atoms with E-state index in [2.05, 4.69) is 16.0 Å². The van der Waals surface area contributed by atoms with E-state index >= 15 is 0 Å². The highest BCUT2D eigenvalue weighted by Crippen LogP contribution is 2.21. The van der Waals surface area contributed by atoms with Crippen molar-refractivity contribution in [2.24, 2.45) is 0 Å². The molecule has 0 unspecified atom stereocenters. The lowest BCUT2D eigenvalue weighted by molar-refractivity contribution is -0.116. The second-order valence-electron chi connectivity index (χ2n) is 8.05. The lowest BCUT2D eigenvalue weighted by Crippen LogP contribution is -2.34. The topological polar surface area (TPSA) is 106 Å². The first-order valence-corrected chi connectivity index (χ1v) is 8.81. The number of ether oxygens (including phenoxy) is 2. The molecule has 9 heteroatoms. The number of anilines is 2. The average Bonchev–Trinajstić information content (AvgIpc) is 2.46. The van der Waals surface area contributed by atoms with Crippen molar-refractivity contribution in [3.8, 4) is 0 Å². The van der Waals surface area contributed by atoms with Gasteiger partial charge in [0.2, 0.25) is 5.91 Å². The first kappa shape index (κ1) is 23.2. The van der Waals surface area contributed by atoms with Crippen molar-refractivity contribution in [3.63, 3.8) is 0 Å². The first-order valence-electron chi connectivity index (χ1n) is 8.81. The highest BCUT2D eigenvalue weighted by atomic mass is 19.1. The summed E-state index contributed by atoms with van der Waals surface area (Å²) in [6, 6.07) is 3.74. The molecule has 156 valence electrons. The number of amides is 3. The van der Waals surface area contributed by atoms with E-state index in [1.54, 1.807) is 41.5 Å². The molecule has 3 amide bonds. The van der Waals surface area contributed by atoms with Gasteiger partial charge < -0.3 is 20.1 Å². The van der Waals surface area contributed by atoms with Gasteiger partial charge in [-0.3, -0.25) is 10.1 Å². The summed E-state index contributed by atoms with van der Waals surface area (Å²) in [6.07, 6.45) is -1.44. The number of rotatable bonds is 5. The van der Waals surface area contributed by atoms with E-state index < -0.39 is 35.1 Å². The van der Waals surface area contributed by atoms with Crippen molar-refractivity contribution < 1.29 is 28.2 Å². The van der Waals surface area contributed by atoms with Gasteiger partial charge in [0, 0.05) is 18.7 Å². The molecule has 0 aliphatic rings. The van der Waals surface area contributed by atoms with Crippen LogP contribution in [-0.4, -0.2) is 35.8 Å². The molecular weight excluding hydrogens is 369 g/mol. The molecule has 1 aromatic carbocycles. The number of alkyl carbamates (subject to hydrolysis) is 1. The quantitative estimate of drug-likeness (QED) is 0.696. The van der Waals surface area contributed by atoms with E-state index in [-0.39, 0.29) is 24.3 Å². The number of nitrogens with one attached hydrogen (secondary N) is 3. The zero-order valence-electron chi connectivity index (χ0n) is 17.1. The molecule has 0 aliphatic carbocycles. The maximum Gasteiger partial charge on any atom is 0.412 e. The predicted molar refractivity (Wildman–Crippen MR) is 104 cm³/mol. The van der Waals surface area contributed by atoms with Crippen LogP contribution >= 0.6 is 0 Å². The molecule has 0 spiro atoms. The SMILES string of the molecule is CC(C)(C)OC(=O)NCCC(=O)Nc1ccc(F)c(NC(=O)OC(C)(C)C)c1. The number of carbonyl (C=O) groups excluding carboxylic acids is 3. The molecular formula is C19H28FN3O5. The Hall–Kier alpha value is -2.84. The summed E-state index contributed by atoms with van der Waals surface area (Å²) < 4.78 is 24.0. The molecule has 0 bridgehead atoms. The van der Waals surface area contributed by atoms with Gasteiger partial charge in [-0.25, -0.2) is 14.0 Å². The number of carbonyl (C=O) groups is 3. The summed E-state index contributed by atoms with van der Waals surface area (Å²) in [5.41, 5.74) is -1.19. The number of hydrogen-bond donors (Lipinski definition) is 3. The van der Waals surface area contributed by atoms with Gasteiger partial charge in [-0.1, -0.05) is 0 Å². The van der Waals surface area contributed by atoms with Gasteiger partial charge >= 0.3 is 12.2 Å². The molecule has 0 atom stereocenters. The minimum atomic E-state index is -0.809. The van der Waals surface area contributed by atoms with Crippen molar-refractivity contribution in [2.75, 3.05) is 17.2 Å². The molecule has 0 radical (unpaired) electrons. The normalized spacial score (nSPS) is 11.4. The summed E-state index contributed by atoms with van der Waals surface area (Å²) in [4.78, 5) is 35.3. The van der Waals surface area contributed by atoms with Crippen LogP contribution in [0.3, 0.4) is 0 Å². The number of benzene rings is 1. The van der Waals surface area contributed by atoms with Gasteiger partial charge in [-0.05, 0) is 59.7 Å². The predicted octanol–water partition coefficient (Wildman–Crippen LogP) is 4.03. The van der Waals surface area contributed by atoms with Gasteiger partial charge in [0.25, 0.3) is 0 Å². The molecule has 0 heterocycles. The third-order valence-electron chi connectivity index (χ3n) is 2.91. The maximum absolute atomic E-state index is 13.9. The number of hydrogen-bond acceptors (Lipinski definition) is 5. The Morgan fingerprint density at radius 3 is 2.07 bits per heavy atom. The number of halogens is 1. The Bertz CT molecular complexity index is 723. The van der Waals surface area contributed by atoms with Crippen LogP contribution in [-0.2, 0) is 14.3 Å². The van der Waals surface area contributed by atoms with E-state index in [4.69, 9.17) is 9.47 Å². The van der Waals surface area contributed by atoms with Crippen LogP contribution in [0.25, 0.3) is 0 Å². The summed E-state index contributed by atoms with van der Waals surface area (Å²) in [5.74, 6) is -1.07. The van der Waals surface area contributed by atoms with E-state index in [0.717, 1.165) is 6.07 Å². The molecule has 1 aromatic rings. The Morgan fingerprint density at radius 1 is 0.929 bits per heavy atom. The first-order chi connectivity index (χ1) is 12.7. The van der Waals surface area contributed by atoms with Gasteiger partial charge in [-0.2, -0.15) is 0 Å². The van der Waals surface area contributed by atoms with Gasteiger partial charge in [0.05, 0.1) is 5.69 Å². The van der Waals surface area contributed by atoms with Crippen LogP contribution in [0.4, 0.5) is 25.4 Å². The fourth-order valence-electron chi connectivity index (χ4n) is 1.93. The maximum atomic E-state index is 13.9. The second kappa shape index (κ2) is 9.38. The average molecular weight is 397 g/mol. The molecule has 0 saturated carbocycles. The minimum absolute atomic E-state index is 0.00849. The van der Waals surface area contributed by atoms with Gasteiger partial charge in [0.1, 0.15) is 17.0 Å². The zero-order valence-corrected chi connectivity index (χ0v) is 17.1. The van der Waals surface area contributed by atoms with E-state index in [0.29, 0.717) is 0 Å². The van der Waals surface area contributed by atoms with Crippen LogP contribution < -0.4 is 16.0 Å². The Morgan fingerprint density at radius 2 is 1.50 bits per heavy atom. The molecule has 1 rings (SSSR count). The molecule has 3 N–H and O–H groups in total. The molecule has 0 aromatic heterocycles. The fraction of sp³-hybridized carbons (Fsp3) is 0.526. The minimum Gasteiger partial charge on any atom is -0.444 e. The summed E-state index contributed by atoms with van der Waals surface area (Å²) >= 11 is 0. The smallest absolute Gasteiger partial charge is 0.412 e. The lowest BCUT2D eigenvalue weighted by atomic mass is 10.2. The monoisotopic (exact) mass is 397 g/mol. The second-order valence-corrected chi connectivity index (χ2v) is 8.05. The van der Waals surface area contributed by atoms with Crippen molar-refractivity contribution >= 4 is 29.5 Å². The Labute approximate surface area is 164 Å². The Kier molecular flexibility index (Phi) is 7.78. The van der Waals surface area contributed by atoms with E-state index in [9.17, 15) is 18.8 Å². The van der Waals surface area contributed by atoms with E-state index in [1.807, 2.05) is 0 Å². The van der Waals surface area contributed by atoms with Crippen LogP contribution in [0.15, 0.2) is 18.2 Å². The molecule has 0 fully saturated rings. The highest BCUT2D eigenvalue weighted by molar-refractivity contribution is 5.92. The Balaban J connectivity index is 2.57. The standard InChI is InChI=1S/C19H28FN3O5/c1-18(2,3)27-16(25)21-10-9-15(24)22-12-7-8-13(20)14(11-12)23-17(26)28-19(4,5)6/h7-8,11H,9-10H2,1-6H3,(H,21,25)(H,22,24)(H,23,26). The van der Waals surface area contributed by atoms with Crippen LogP contribution in [0.1, 0.15) is 48.0 Å². The van der Waals surface area contributed by atoms with Crippen LogP contribution in [0.5, 0.6) is 0 Å². The van der Waals surface area contributed by atoms with Crippen LogP contribution in [0, 0.1) is 5.82 Å². The lowest BCUT2D eigenvalue weighted by Gasteiger charge is -2.20. The summed E-state index contributed by atoms with van der Waals surface area (Å²) in [6.45, 7) is 10.3. The molecule has 0 saturated heterocycles. The van der Waals surface area contributed by atoms with Crippen molar-refractivity contribution in [2.45, 2.75) is 59.2 Å². The van der Waals surface area contributed by atoms with Gasteiger partial charge in [0.15, 0.2) is 0 Å². The fourth-order valence-corrected chi connectivity index (χ4v) is 1.93. The zero-order chi connectivity index (χ0) is 21.5. The van der Waals surface area contributed by atoms with Crippen molar-refractivity contribution in [3.05, 3.63) is 24.0 Å². The largest absolute Gasteiger partial charge is 0.444 e. The van der Waals surface area contributed by atoms with Crippen molar-refractivity contribution in [1.82, 2.24) is 5.32 Å². The van der Waals surface area contributed by atoms with Crippen molar-refractivity contribution in [1.29, 1.82) is 0 Å². The third-order valence-corrected chi connectivity index (χ3v) is 2.91. The van der Waals surface area contributed by atoms with E-state index in [1.165, 1.54) is 12.1 Å². The molecule has 28 heavy (non-hydrogen) atoms. The third kappa shape index (κ3) is 9.75. The highest BCUT2D eigenvalue weighted by Gasteiger charge is 2.18. The molecule has 8 nitrogen and oxygen atoms in total. The van der Waals surface area contributed by atoms with Crippen LogP contribution in [0.2, 0.25) is 0 Å². The summed E-state index contributed by atoms with van der Waals surface area (Å²) in [5, 5.41) is 7.33.